The summed E-state index contributed by atoms with van der Waals surface area (Å²) < 4.78 is 7.65. The molecule has 0 radical (unpaired) electrons. The van der Waals surface area contributed by atoms with Gasteiger partial charge in [-0.25, -0.2) is 4.98 Å². The maximum Gasteiger partial charge on any atom is 0.144 e. The van der Waals surface area contributed by atoms with Crippen LogP contribution in [0, 0.1) is 6.92 Å². The largest absolute Gasteiger partial charge is 0.494 e. The van der Waals surface area contributed by atoms with Crippen LogP contribution in [0.15, 0.2) is 55.0 Å². The van der Waals surface area contributed by atoms with Gasteiger partial charge >= 0.3 is 0 Å². The van der Waals surface area contributed by atoms with Crippen molar-refractivity contribution < 1.29 is 4.74 Å². The average Bonchev–Trinajstić information content (AvgIpc) is 3.41. The fraction of sp³-hybridized carbons (Fsp3) is 0.320. The molecule has 1 aliphatic rings. The summed E-state index contributed by atoms with van der Waals surface area (Å²) in [7, 11) is 1.70. The van der Waals surface area contributed by atoms with Gasteiger partial charge < -0.3 is 19.6 Å². The number of H-pyrrole nitrogens is 1. The summed E-state index contributed by atoms with van der Waals surface area (Å²) in [4.78, 5) is 7.99. The third-order valence-electron chi connectivity index (χ3n) is 6.18. The number of fused-ring (bicyclic) bond motifs is 1. The minimum Gasteiger partial charge on any atom is -0.494 e. The predicted molar refractivity (Wildman–Crippen MR) is 122 cm³/mol. The zero-order valence-electron chi connectivity index (χ0n) is 17.6. The zero-order chi connectivity index (χ0) is 20.5. The maximum atomic E-state index is 5.66. The van der Waals surface area contributed by atoms with Gasteiger partial charge in [0.15, 0.2) is 0 Å². The van der Waals surface area contributed by atoms with Gasteiger partial charge in [0.25, 0.3) is 0 Å². The fourth-order valence-corrected chi connectivity index (χ4v) is 4.60. The summed E-state index contributed by atoms with van der Waals surface area (Å²) in [6.45, 7) is 1.98. The SMILES string of the molecule is COc1cc(Nc2cccc3[nH]c(C4CCCCC4)cc23)ccc1-n1cnc(C)c1. The van der Waals surface area contributed by atoms with Crippen molar-refractivity contribution in [2.45, 2.75) is 44.9 Å². The first-order chi connectivity index (χ1) is 14.7. The summed E-state index contributed by atoms with van der Waals surface area (Å²) in [5.41, 5.74) is 6.63. The molecule has 2 N–H and O–H groups in total. The van der Waals surface area contributed by atoms with Crippen LogP contribution in [0.2, 0.25) is 0 Å². The molecule has 1 fully saturated rings. The second-order valence-electron chi connectivity index (χ2n) is 8.26. The van der Waals surface area contributed by atoms with Crippen LogP contribution in [0.5, 0.6) is 5.75 Å². The standard InChI is InChI=1S/C25H28N4O/c1-17-15-29(16-26-17)24-12-11-19(13-25(24)30-2)27-21-9-6-10-22-20(21)14-23(28-22)18-7-4-3-5-8-18/h6,9-16,18,27-28H,3-5,7-8H2,1-2H3. The first-order valence-electron chi connectivity index (χ1n) is 10.8. The van der Waals surface area contributed by atoms with E-state index < -0.39 is 0 Å². The van der Waals surface area contributed by atoms with E-state index in [4.69, 9.17) is 4.74 Å². The highest BCUT2D eigenvalue weighted by Gasteiger charge is 2.18. The molecule has 30 heavy (non-hydrogen) atoms. The van der Waals surface area contributed by atoms with Crippen molar-refractivity contribution in [3.8, 4) is 11.4 Å². The van der Waals surface area contributed by atoms with Crippen LogP contribution in [0.4, 0.5) is 11.4 Å². The first kappa shape index (κ1) is 18.8. The minimum absolute atomic E-state index is 0.664. The molecule has 0 aliphatic heterocycles. The molecular weight excluding hydrogens is 372 g/mol. The highest BCUT2D eigenvalue weighted by atomic mass is 16.5. The molecule has 0 spiro atoms. The van der Waals surface area contributed by atoms with Crippen LogP contribution in [-0.4, -0.2) is 21.6 Å². The number of aryl methyl sites for hydroxylation is 1. The van der Waals surface area contributed by atoms with Gasteiger partial charge in [-0.1, -0.05) is 25.3 Å². The molecule has 154 valence electrons. The smallest absolute Gasteiger partial charge is 0.144 e. The lowest BCUT2D eigenvalue weighted by Gasteiger charge is -2.20. The Hall–Kier alpha value is -3.21. The number of aromatic amines is 1. The van der Waals surface area contributed by atoms with Crippen molar-refractivity contribution in [3.05, 3.63) is 66.4 Å². The highest BCUT2D eigenvalue weighted by Crippen LogP contribution is 2.36. The number of imidazole rings is 1. The van der Waals surface area contributed by atoms with E-state index in [1.807, 2.05) is 30.1 Å². The Bertz CT molecular complexity index is 1170. The molecule has 0 amide bonds. The molecule has 2 aromatic heterocycles. The molecule has 1 aliphatic carbocycles. The van der Waals surface area contributed by atoms with Crippen molar-refractivity contribution >= 4 is 22.3 Å². The molecule has 2 aromatic carbocycles. The minimum atomic E-state index is 0.664. The summed E-state index contributed by atoms with van der Waals surface area (Å²) in [5.74, 6) is 1.47. The van der Waals surface area contributed by atoms with Crippen molar-refractivity contribution in [1.29, 1.82) is 0 Å². The number of nitrogens with one attached hydrogen (secondary N) is 2. The molecule has 0 saturated heterocycles. The van der Waals surface area contributed by atoms with Gasteiger partial charge in [0.2, 0.25) is 0 Å². The number of ether oxygens (including phenoxy) is 1. The molecule has 5 rings (SSSR count). The van der Waals surface area contributed by atoms with E-state index in [1.54, 1.807) is 7.11 Å². The number of anilines is 2. The highest BCUT2D eigenvalue weighted by molar-refractivity contribution is 5.94. The normalized spacial score (nSPS) is 14.9. The lowest BCUT2D eigenvalue weighted by atomic mass is 9.87. The van der Waals surface area contributed by atoms with Gasteiger partial charge in [0.1, 0.15) is 5.75 Å². The molecule has 5 nitrogen and oxygen atoms in total. The molecule has 5 heteroatoms. The number of aromatic nitrogens is 3. The van der Waals surface area contributed by atoms with Gasteiger partial charge in [-0.15, -0.1) is 0 Å². The van der Waals surface area contributed by atoms with Gasteiger partial charge in [0, 0.05) is 40.2 Å². The quantitative estimate of drug-likeness (QED) is 0.404. The van der Waals surface area contributed by atoms with Crippen molar-refractivity contribution in [2.24, 2.45) is 0 Å². The maximum absolute atomic E-state index is 5.66. The molecule has 2 heterocycles. The Balaban J connectivity index is 1.45. The van der Waals surface area contributed by atoms with Gasteiger partial charge in [0.05, 0.1) is 24.8 Å². The van der Waals surface area contributed by atoms with Crippen LogP contribution < -0.4 is 10.1 Å². The van der Waals surface area contributed by atoms with E-state index in [0.717, 1.165) is 28.5 Å². The monoisotopic (exact) mass is 400 g/mol. The first-order valence-corrected chi connectivity index (χ1v) is 10.8. The number of benzene rings is 2. The summed E-state index contributed by atoms with van der Waals surface area (Å²) in [6.07, 6.45) is 10.5. The Morgan fingerprint density at radius 3 is 2.73 bits per heavy atom. The molecule has 0 unspecified atom stereocenters. The van der Waals surface area contributed by atoms with Gasteiger partial charge in [-0.3, -0.25) is 0 Å². The van der Waals surface area contributed by atoms with Crippen molar-refractivity contribution in [2.75, 3.05) is 12.4 Å². The van der Waals surface area contributed by atoms with Gasteiger partial charge in [-0.05, 0) is 56.0 Å². The molecular formula is C25H28N4O. The molecule has 1 saturated carbocycles. The lowest BCUT2D eigenvalue weighted by Crippen LogP contribution is -2.04. The van der Waals surface area contributed by atoms with E-state index in [9.17, 15) is 0 Å². The number of rotatable bonds is 5. The topological polar surface area (TPSA) is 54.9 Å². The predicted octanol–water partition coefficient (Wildman–Crippen LogP) is 6.46. The van der Waals surface area contributed by atoms with Crippen LogP contribution in [0.3, 0.4) is 0 Å². The average molecular weight is 401 g/mol. The lowest BCUT2D eigenvalue weighted by molar-refractivity contribution is 0.413. The number of hydrogen-bond acceptors (Lipinski definition) is 3. The summed E-state index contributed by atoms with van der Waals surface area (Å²) in [6, 6.07) is 14.9. The number of hydrogen-bond donors (Lipinski definition) is 2. The second-order valence-corrected chi connectivity index (χ2v) is 8.26. The van der Waals surface area contributed by atoms with Gasteiger partial charge in [-0.2, -0.15) is 0 Å². The molecule has 0 atom stereocenters. The molecule has 0 bridgehead atoms. The third kappa shape index (κ3) is 3.56. The van der Waals surface area contributed by atoms with E-state index >= 15 is 0 Å². The third-order valence-corrected chi connectivity index (χ3v) is 6.18. The fourth-order valence-electron chi connectivity index (χ4n) is 4.60. The van der Waals surface area contributed by atoms with Crippen LogP contribution in [-0.2, 0) is 0 Å². The van der Waals surface area contributed by atoms with E-state index in [0.29, 0.717) is 5.92 Å². The Morgan fingerprint density at radius 1 is 1.10 bits per heavy atom. The second kappa shape index (κ2) is 7.90. The van der Waals surface area contributed by atoms with Crippen molar-refractivity contribution in [1.82, 2.24) is 14.5 Å². The number of nitrogens with zero attached hydrogens (tertiary/aromatic N) is 2. The van der Waals surface area contributed by atoms with E-state index in [2.05, 4.69) is 51.7 Å². The van der Waals surface area contributed by atoms with E-state index in [1.165, 1.54) is 48.7 Å². The number of methoxy groups -OCH3 is 1. The summed E-state index contributed by atoms with van der Waals surface area (Å²) >= 11 is 0. The Morgan fingerprint density at radius 2 is 1.97 bits per heavy atom. The Labute approximate surface area is 177 Å². The van der Waals surface area contributed by atoms with E-state index in [-0.39, 0.29) is 0 Å². The Kier molecular flexibility index (Phi) is 4.95. The van der Waals surface area contributed by atoms with Crippen LogP contribution in [0.25, 0.3) is 16.6 Å². The van der Waals surface area contributed by atoms with Crippen LogP contribution >= 0.6 is 0 Å². The zero-order valence-corrected chi connectivity index (χ0v) is 17.6. The molecule has 4 aromatic rings. The van der Waals surface area contributed by atoms with Crippen LogP contribution in [0.1, 0.15) is 49.4 Å². The van der Waals surface area contributed by atoms with Crippen molar-refractivity contribution in [3.63, 3.8) is 0 Å². The summed E-state index contributed by atoms with van der Waals surface area (Å²) in [5, 5.41) is 4.84.